The van der Waals surface area contributed by atoms with Crippen LogP contribution in [0.3, 0.4) is 0 Å². The lowest BCUT2D eigenvalue weighted by atomic mass is 10.1. The number of nitrogens with zero attached hydrogens (tertiary/aromatic N) is 3. The summed E-state index contributed by atoms with van der Waals surface area (Å²) in [6.45, 7) is 7.68. The molecule has 1 aromatic carbocycles. The number of anilines is 1. The Hall–Kier alpha value is -1.81. The molecule has 0 N–H and O–H groups in total. The molecule has 0 bridgehead atoms. The summed E-state index contributed by atoms with van der Waals surface area (Å²) >= 11 is 0. The maximum atomic E-state index is 11.2. The molecule has 0 saturated carbocycles. The fraction of sp³-hybridized carbons (Fsp3) is 0.438. The Morgan fingerprint density at radius 1 is 1.20 bits per heavy atom. The highest BCUT2D eigenvalue weighted by molar-refractivity contribution is 5.99. The summed E-state index contributed by atoms with van der Waals surface area (Å²) < 4.78 is 2.01. The van der Waals surface area contributed by atoms with Gasteiger partial charge < -0.3 is 14.4 Å². The first-order chi connectivity index (χ1) is 9.72. The SMILES string of the molecule is CCN1CCN(c2ccc3c(c2)c(C=O)cn3C)CC1. The third-order valence-corrected chi connectivity index (χ3v) is 4.32. The van der Waals surface area contributed by atoms with Crippen molar-refractivity contribution in [3.8, 4) is 0 Å². The number of piperazine rings is 1. The van der Waals surface area contributed by atoms with Crippen LogP contribution in [-0.2, 0) is 7.05 Å². The molecule has 2 heterocycles. The van der Waals surface area contributed by atoms with E-state index in [4.69, 9.17) is 0 Å². The maximum Gasteiger partial charge on any atom is 0.152 e. The minimum Gasteiger partial charge on any atom is -0.369 e. The molecular weight excluding hydrogens is 250 g/mol. The summed E-state index contributed by atoms with van der Waals surface area (Å²) in [5, 5.41) is 1.05. The zero-order valence-electron chi connectivity index (χ0n) is 12.2. The Kier molecular flexibility index (Phi) is 3.49. The summed E-state index contributed by atoms with van der Waals surface area (Å²) in [5.74, 6) is 0. The first-order valence-corrected chi connectivity index (χ1v) is 7.24. The zero-order valence-corrected chi connectivity index (χ0v) is 12.2. The number of aryl methyl sites for hydroxylation is 1. The van der Waals surface area contributed by atoms with Crippen molar-refractivity contribution in [3.05, 3.63) is 30.0 Å². The van der Waals surface area contributed by atoms with Crippen LogP contribution in [0.2, 0.25) is 0 Å². The molecular formula is C16H21N3O. The van der Waals surface area contributed by atoms with E-state index in [9.17, 15) is 4.79 Å². The van der Waals surface area contributed by atoms with Gasteiger partial charge >= 0.3 is 0 Å². The molecule has 0 radical (unpaired) electrons. The fourth-order valence-corrected chi connectivity index (χ4v) is 3.02. The summed E-state index contributed by atoms with van der Waals surface area (Å²) in [5.41, 5.74) is 3.11. The number of carbonyl (C=O) groups excluding carboxylic acids is 1. The van der Waals surface area contributed by atoms with Crippen molar-refractivity contribution in [1.29, 1.82) is 0 Å². The molecule has 106 valence electrons. The van der Waals surface area contributed by atoms with Crippen LogP contribution in [0.5, 0.6) is 0 Å². The van der Waals surface area contributed by atoms with E-state index in [2.05, 4.69) is 34.9 Å². The molecule has 4 heteroatoms. The number of hydrogen-bond donors (Lipinski definition) is 0. The number of likely N-dealkylation sites (N-methyl/N-ethyl adjacent to an activating group) is 1. The minimum absolute atomic E-state index is 0.775. The van der Waals surface area contributed by atoms with Crippen LogP contribution in [0, 0.1) is 0 Å². The van der Waals surface area contributed by atoms with Gasteiger partial charge in [-0.1, -0.05) is 6.92 Å². The fourth-order valence-electron chi connectivity index (χ4n) is 3.02. The largest absolute Gasteiger partial charge is 0.369 e. The number of hydrogen-bond acceptors (Lipinski definition) is 3. The monoisotopic (exact) mass is 271 g/mol. The van der Waals surface area contributed by atoms with E-state index in [1.54, 1.807) is 0 Å². The lowest BCUT2D eigenvalue weighted by Crippen LogP contribution is -2.46. The molecule has 1 aromatic heterocycles. The number of aromatic nitrogens is 1. The molecule has 1 aliphatic rings. The van der Waals surface area contributed by atoms with Gasteiger partial charge in [-0.2, -0.15) is 0 Å². The highest BCUT2D eigenvalue weighted by Gasteiger charge is 2.17. The molecule has 0 amide bonds. The number of benzene rings is 1. The summed E-state index contributed by atoms with van der Waals surface area (Å²) in [6.07, 6.45) is 2.84. The average molecular weight is 271 g/mol. The summed E-state index contributed by atoms with van der Waals surface area (Å²) in [7, 11) is 1.98. The van der Waals surface area contributed by atoms with Crippen LogP contribution in [0.25, 0.3) is 10.9 Å². The van der Waals surface area contributed by atoms with Crippen molar-refractivity contribution < 1.29 is 4.79 Å². The quantitative estimate of drug-likeness (QED) is 0.801. The lowest BCUT2D eigenvalue weighted by molar-refractivity contribution is 0.112. The highest BCUT2D eigenvalue weighted by atomic mass is 16.1. The van der Waals surface area contributed by atoms with Crippen molar-refractivity contribution in [3.63, 3.8) is 0 Å². The predicted octanol–water partition coefficient (Wildman–Crippen LogP) is 2.13. The number of aldehydes is 1. The molecule has 2 aromatic rings. The molecule has 0 aliphatic carbocycles. The van der Waals surface area contributed by atoms with E-state index in [-0.39, 0.29) is 0 Å². The van der Waals surface area contributed by atoms with E-state index < -0.39 is 0 Å². The highest BCUT2D eigenvalue weighted by Crippen LogP contribution is 2.26. The first kappa shape index (κ1) is 13.2. The molecule has 4 nitrogen and oxygen atoms in total. The van der Waals surface area contributed by atoms with Crippen molar-refractivity contribution in [2.45, 2.75) is 6.92 Å². The molecule has 0 atom stereocenters. The van der Waals surface area contributed by atoms with Gasteiger partial charge in [0.1, 0.15) is 0 Å². The van der Waals surface area contributed by atoms with E-state index in [1.807, 2.05) is 17.8 Å². The Bertz CT molecular complexity index is 624. The van der Waals surface area contributed by atoms with Gasteiger partial charge in [0.2, 0.25) is 0 Å². The number of rotatable bonds is 3. The number of fused-ring (bicyclic) bond motifs is 1. The standard InChI is InChI=1S/C16H21N3O/c1-3-18-6-8-19(9-7-18)14-4-5-16-15(10-14)13(12-20)11-17(16)2/h4-5,10-12H,3,6-9H2,1-2H3. The van der Waals surface area contributed by atoms with E-state index in [1.165, 1.54) is 5.69 Å². The van der Waals surface area contributed by atoms with Crippen LogP contribution in [0.1, 0.15) is 17.3 Å². The second-order valence-corrected chi connectivity index (χ2v) is 5.44. The second-order valence-electron chi connectivity index (χ2n) is 5.44. The van der Waals surface area contributed by atoms with Crippen LogP contribution in [-0.4, -0.2) is 48.5 Å². The maximum absolute atomic E-state index is 11.2. The van der Waals surface area contributed by atoms with Gasteiger partial charge in [0, 0.05) is 61.6 Å². The van der Waals surface area contributed by atoms with Crippen LogP contribution < -0.4 is 4.90 Å². The van der Waals surface area contributed by atoms with E-state index in [0.29, 0.717) is 0 Å². The topological polar surface area (TPSA) is 28.5 Å². The van der Waals surface area contributed by atoms with Gasteiger partial charge in [0.05, 0.1) is 0 Å². The minimum atomic E-state index is 0.775. The van der Waals surface area contributed by atoms with Crippen LogP contribution in [0.4, 0.5) is 5.69 Å². The zero-order chi connectivity index (χ0) is 14.1. The van der Waals surface area contributed by atoms with Gasteiger partial charge in [-0.15, -0.1) is 0 Å². The molecule has 1 fully saturated rings. The first-order valence-electron chi connectivity index (χ1n) is 7.24. The van der Waals surface area contributed by atoms with Crippen molar-refractivity contribution >= 4 is 22.9 Å². The molecule has 1 aliphatic heterocycles. The Balaban J connectivity index is 1.91. The smallest absolute Gasteiger partial charge is 0.152 e. The molecule has 0 unspecified atom stereocenters. The summed E-state index contributed by atoms with van der Waals surface area (Å²) in [4.78, 5) is 16.0. The van der Waals surface area contributed by atoms with Crippen LogP contribution in [0.15, 0.2) is 24.4 Å². The Morgan fingerprint density at radius 2 is 1.95 bits per heavy atom. The number of carbonyl (C=O) groups is 1. The normalized spacial score (nSPS) is 16.8. The third kappa shape index (κ3) is 2.20. The average Bonchev–Trinajstić information content (AvgIpc) is 2.83. The van der Waals surface area contributed by atoms with Crippen molar-refractivity contribution in [2.75, 3.05) is 37.6 Å². The van der Waals surface area contributed by atoms with Crippen LogP contribution >= 0.6 is 0 Å². The van der Waals surface area contributed by atoms with Gasteiger partial charge in [0.25, 0.3) is 0 Å². The second kappa shape index (κ2) is 5.29. The predicted molar refractivity (Wildman–Crippen MR) is 82.6 cm³/mol. The van der Waals surface area contributed by atoms with Gasteiger partial charge in [0.15, 0.2) is 6.29 Å². The molecule has 0 spiro atoms. The van der Waals surface area contributed by atoms with Gasteiger partial charge in [-0.05, 0) is 24.7 Å². The van der Waals surface area contributed by atoms with Gasteiger partial charge in [-0.3, -0.25) is 4.79 Å². The Labute approximate surface area is 119 Å². The molecule has 3 rings (SSSR count). The van der Waals surface area contributed by atoms with Crippen molar-refractivity contribution in [2.24, 2.45) is 7.05 Å². The van der Waals surface area contributed by atoms with E-state index >= 15 is 0 Å². The Morgan fingerprint density at radius 3 is 2.60 bits per heavy atom. The molecule has 20 heavy (non-hydrogen) atoms. The van der Waals surface area contributed by atoms with Gasteiger partial charge in [-0.25, -0.2) is 0 Å². The van der Waals surface area contributed by atoms with Crippen molar-refractivity contribution in [1.82, 2.24) is 9.47 Å². The summed E-state index contributed by atoms with van der Waals surface area (Å²) in [6, 6.07) is 6.43. The van der Waals surface area contributed by atoms with E-state index in [0.717, 1.165) is 55.5 Å². The third-order valence-electron chi connectivity index (χ3n) is 4.32. The lowest BCUT2D eigenvalue weighted by Gasteiger charge is -2.35. The molecule has 1 saturated heterocycles.